The first-order valence-corrected chi connectivity index (χ1v) is 32.5. The van der Waals surface area contributed by atoms with E-state index in [1.165, 1.54) is 0 Å². The van der Waals surface area contributed by atoms with Crippen molar-refractivity contribution in [1.82, 2.24) is 19.1 Å². The lowest BCUT2D eigenvalue weighted by Gasteiger charge is -2.28. The minimum atomic E-state index is 0.744. The molecule has 0 fully saturated rings. The Labute approximate surface area is 557 Å². The first-order chi connectivity index (χ1) is 47.7. The standard InChI is InChI=1S/C88H62N8/c1-9-34-67(35-10-1)91(68-36-11-2-12-37-68)75-50-26-54-79-85(75)86-76(92(69-38-13-3-14-39-69)70-40-15-4-16-41-70)51-27-55-80(86)95(79)83-60-66(64-32-25-31-63(59-64)65-33-30-58-89-62-65)61-84(90-83)96-81-56-28-52-77(93(71-42-17-5-18-43-71)72-44-19-6-20-45-72)87(81)88-78(53-29-57-82(88)96)94(73-46-21-7-22-47-73)74-48-23-8-24-49-74/h1-62H. The summed E-state index contributed by atoms with van der Waals surface area (Å²) in [6.45, 7) is 0. The number of aromatic nitrogens is 4. The van der Waals surface area contributed by atoms with Crippen LogP contribution in [-0.4, -0.2) is 19.1 Å². The zero-order valence-electron chi connectivity index (χ0n) is 52.4. The molecule has 0 aliphatic rings. The molecule has 4 aromatic heterocycles. The summed E-state index contributed by atoms with van der Waals surface area (Å²) >= 11 is 0. The quantitative estimate of drug-likeness (QED) is 0.0961. The van der Waals surface area contributed by atoms with Gasteiger partial charge in [-0.25, -0.2) is 4.98 Å². The smallest absolute Gasteiger partial charge is 0.140 e. The van der Waals surface area contributed by atoms with Crippen molar-refractivity contribution in [2.24, 2.45) is 0 Å². The molecule has 17 aromatic rings. The van der Waals surface area contributed by atoms with Crippen LogP contribution in [0.25, 0.3) is 77.5 Å². The molecule has 0 saturated carbocycles. The summed E-state index contributed by atoms with van der Waals surface area (Å²) in [5.74, 6) is 1.49. The monoisotopic (exact) mass is 1230 g/mol. The largest absolute Gasteiger partial charge is 0.310 e. The molecule has 0 bridgehead atoms. The van der Waals surface area contributed by atoms with Crippen molar-refractivity contribution in [1.29, 1.82) is 0 Å². The summed E-state index contributed by atoms with van der Waals surface area (Å²) in [5.41, 5.74) is 20.4. The Hall–Kier alpha value is -13.0. The fraction of sp³-hybridized carbons (Fsp3) is 0. The van der Waals surface area contributed by atoms with E-state index in [-0.39, 0.29) is 0 Å². The Morgan fingerprint density at radius 1 is 0.208 bits per heavy atom. The van der Waals surface area contributed by atoms with Crippen LogP contribution in [0, 0.1) is 0 Å². The third-order valence-corrected chi connectivity index (χ3v) is 18.1. The van der Waals surface area contributed by atoms with Gasteiger partial charge in [0.2, 0.25) is 0 Å². The van der Waals surface area contributed by atoms with Crippen molar-refractivity contribution in [3.8, 4) is 33.9 Å². The van der Waals surface area contributed by atoms with Gasteiger partial charge >= 0.3 is 0 Å². The lowest BCUT2D eigenvalue weighted by molar-refractivity contribution is 1.01. The summed E-state index contributed by atoms with van der Waals surface area (Å²) < 4.78 is 4.81. The van der Waals surface area contributed by atoms with Gasteiger partial charge in [-0.1, -0.05) is 194 Å². The molecule has 0 spiro atoms. The van der Waals surface area contributed by atoms with E-state index in [0.717, 1.165) is 146 Å². The van der Waals surface area contributed by atoms with Crippen molar-refractivity contribution in [3.63, 3.8) is 0 Å². The molecule has 0 aliphatic carbocycles. The van der Waals surface area contributed by atoms with Crippen molar-refractivity contribution in [2.45, 2.75) is 0 Å². The van der Waals surface area contributed by atoms with Gasteiger partial charge in [0, 0.05) is 85.0 Å². The Bertz CT molecular complexity index is 4830. The number of hydrogen-bond donors (Lipinski definition) is 0. The molecular weight excluding hydrogens is 1170 g/mol. The number of para-hydroxylation sites is 8. The van der Waals surface area contributed by atoms with Crippen molar-refractivity contribution in [2.75, 3.05) is 19.6 Å². The van der Waals surface area contributed by atoms with Gasteiger partial charge in [0.1, 0.15) is 11.6 Å². The number of anilines is 12. The maximum absolute atomic E-state index is 6.15. The highest BCUT2D eigenvalue weighted by atomic mass is 15.2. The van der Waals surface area contributed by atoms with Crippen LogP contribution < -0.4 is 19.6 Å². The van der Waals surface area contributed by atoms with Gasteiger partial charge in [0.05, 0.1) is 44.8 Å². The van der Waals surface area contributed by atoms with E-state index < -0.39 is 0 Å². The molecule has 454 valence electrons. The second-order valence-electron chi connectivity index (χ2n) is 23.8. The van der Waals surface area contributed by atoms with E-state index in [0.29, 0.717) is 0 Å². The predicted molar refractivity (Wildman–Crippen MR) is 400 cm³/mol. The summed E-state index contributed by atoms with van der Waals surface area (Å²) in [4.78, 5) is 20.3. The SMILES string of the molecule is c1ccc(N(c2ccccc2)c2cccc3c2c2c(N(c4ccccc4)c4ccccc4)cccc2n3-c2cc(-c3cccc(-c4cccnc4)c3)cc(-n3c4cccc(N(c5ccccc5)c5ccccc5)c4c4c(N(c5ccccc5)c5ccccc5)cccc43)n2)cc1. The fourth-order valence-electron chi connectivity index (χ4n) is 14.0. The zero-order chi connectivity index (χ0) is 63.7. The lowest BCUT2D eigenvalue weighted by atomic mass is 10.0. The second-order valence-corrected chi connectivity index (χ2v) is 23.8. The number of hydrogen-bond acceptors (Lipinski definition) is 6. The number of nitrogens with zero attached hydrogens (tertiary/aromatic N) is 8. The second kappa shape index (κ2) is 24.9. The molecule has 0 amide bonds. The first kappa shape index (κ1) is 56.9. The fourth-order valence-corrected chi connectivity index (χ4v) is 14.0. The van der Waals surface area contributed by atoms with Gasteiger partial charge in [0.15, 0.2) is 0 Å². The van der Waals surface area contributed by atoms with Gasteiger partial charge in [-0.15, -0.1) is 0 Å². The average Bonchev–Trinajstić information content (AvgIpc) is 1.54. The number of benzene rings is 13. The molecule has 0 saturated heterocycles. The predicted octanol–water partition coefficient (Wildman–Crippen LogP) is 23.9. The van der Waals surface area contributed by atoms with Crippen LogP contribution in [0.5, 0.6) is 0 Å². The maximum Gasteiger partial charge on any atom is 0.140 e. The molecule has 4 heterocycles. The van der Waals surface area contributed by atoms with Crippen LogP contribution >= 0.6 is 0 Å². The van der Waals surface area contributed by atoms with Gasteiger partial charge < -0.3 is 19.6 Å². The molecular formula is C88H62N8. The summed E-state index contributed by atoms with van der Waals surface area (Å²) in [6, 6.07) is 130. The highest BCUT2D eigenvalue weighted by Crippen LogP contribution is 2.52. The Balaban J connectivity index is 1.01. The van der Waals surface area contributed by atoms with Gasteiger partial charge in [0.25, 0.3) is 0 Å². The third-order valence-electron chi connectivity index (χ3n) is 18.1. The molecule has 17 rings (SSSR count). The van der Waals surface area contributed by atoms with E-state index in [4.69, 9.17) is 4.98 Å². The Morgan fingerprint density at radius 3 is 0.719 bits per heavy atom. The van der Waals surface area contributed by atoms with E-state index in [2.05, 4.69) is 392 Å². The average molecular weight is 1230 g/mol. The van der Waals surface area contributed by atoms with Crippen LogP contribution in [0.15, 0.2) is 376 Å². The van der Waals surface area contributed by atoms with E-state index in [9.17, 15) is 0 Å². The van der Waals surface area contributed by atoms with Crippen molar-refractivity contribution < 1.29 is 0 Å². The van der Waals surface area contributed by atoms with Gasteiger partial charge in [-0.05, 0) is 187 Å². The van der Waals surface area contributed by atoms with E-state index in [1.54, 1.807) is 0 Å². The van der Waals surface area contributed by atoms with E-state index >= 15 is 0 Å². The van der Waals surface area contributed by atoms with Crippen LogP contribution in [0.4, 0.5) is 68.2 Å². The van der Waals surface area contributed by atoms with Crippen LogP contribution in [0.1, 0.15) is 0 Å². The lowest BCUT2D eigenvalue weighted by Crippen LogP contribution is -2.11. The topological polar surface area (TPSA) is 48.6 Å². The minimum absolute atomic E-state index is 0.744. The highest BCUT2D eigenvalue weighted by Gasteiger charge is 2.30. The molecule has 0 aliphatic heterocycles. The third kappa shape index (κ3) is 10.2. The molecule has 96 heavy (non-hydrogen) atoms. The Kier molecular flexibility index (Phi) is 14.7. The number of fused-ring (bicyclic) bond motifs is 6. The van der Waals surface area contributed by atoms with Gasteiger partial charge in [-0.2, -0.15) is 0 Å². The molecule has 0 N–H and O–H groups in total. The first-order valence-electron chi connectivity index (χ1n) is 32.5. The Morgan fingerprint density at radius 2 is 0.458 bits per heavy atom. The summed E-state index contributed by atoms with van der Waals surface area (Å²) in [5, 5.41) is 4.26. The molecule has 8 heteroatoms. The molecule has 8 nitrogen and oxygen atoms in total. The molecule has 0 unspecified atom stereocenters. The minimum Gasteiger partial charge on any atom is -0.310 e. The summed E-state index contributed by atoms with van der Waals surface area (Å²) in [6.07, 6.45) is 3.77. The number of rotatable bonds is 16. The zero-order valence-corrected chi connectivity index (χ0v) is 52.4. The normalized spacial score (nSPS) is 11.3. The van der Waals surface area contributed by atoms with Crippen LogP contribution in [0.2, 0.25) is 0 Å². The number of pyridine rings is 2. The van der Waals surface area contributed by atoms with Gasteiger partial charge in [-0.3, -0.25) is 14.1 Å². The van der Waals surface area contributed by atoms with Crippen molar-refractivity contribution >= 4 is 112 Å². The maximum atomic E-state index is 6.15. The van der Waals surface area contributed by atoms with E-state index in [1.807, 2.05) is 18.5 Å². The van der Waals surface area contributed by atoms with Crippen molar-refractivity contribution in [3.05, 3.63) is 376 Å². The van der Waals surface area contributed by atoms with Crippen LogP contribution in [-0.2, 0) is 0 Å². The van der Waals surface area contributed by atoms with Crippen LogP contribution in [0.3, 0.4) is 0 Å². The molecule has 0 radical (unpaired) electrons. The highest BCUT2D eigenvalue weighted by molar-refractivity contribution is 6.23. The molecule has 0 atom stereocenters. The summed E-state index contributed by atoms with van der Waals surface area (Å²) in [7, 11) is 0. The molecule has 13 aromatic carbocycles.